The number of carbonyl (C=O) groups excluding carboxylic acids is 1. The van der Waals surface area contributed by atoms with Crippen LogP contribution in [-0.4, -0.2) is 48.6 Å². The molecule has 1 atom stereocenters. The summed E-state index contributed by atoms with van der Waals surface area (Å²) in [4.78, 5) is 16.1. The molecule has 0 radical (unpaired) electrons. The molecule has 38 heavy (non-hydrogen) atoms. The number of rotatable bonds is 9. The first-order valence-corrected chi connectivity index (χ1v) is 14.0. The quantitative estimate of drug-likeness (QED) is 0.227. The van der Waals surface area contributed by atoms with Crippen LogP contribution in [-0.2, 0) is 11.3 Å². The maximum atomic E-state index is 14.7. The van der Waals surface area contributed by atoms with Gasteiger partial charge in [-0.2, -0.15) is 0 Å². The van der Waals surface area contributed by atoms with Crippen molar-refractivity contribution in [1.29, 1.82) is 0 Å². The number of para-hydroxylation sites is 1. The Morgan fingerprint density at radius 1 is 0.947 bits per heavy atom. The third-order valence-electron chi connectivity index (χ3n) is 7.70. The monoisotopic (exact) mass is 558 g/mol. The van der Waals surface area contributed by atoms with Gasteiger partial charge < -0.3 is 21.6 Å². The van der Waals surface area contributed by atoms with Crippen LogP contribution in [0.5, 0.6) is 0 Å². The highest BCUT2D eigenvalue weighted by Gasteiger charge is 2.47. The van der Waals surface area contributed by atoms with E-state index < -0.39 is 11.9 Å². The number of fused-ring (bicyclic) bond motifs is 3. The normalized spacial score (nSPS) is 21.9. The van der Waals surface area contributed by atoms with Gasteiger partial charge in [-0.3, -0.25) is 4.90 Å². The Labute approximate surface area is 234 Å². The molecule has 1 amide bonds. The molecule has 6 rings (SSSR count). The van der Waals surface area contributed by atoms with E-state index in [1.54, 1.807) is 30.3 Å². The third-order valence-corrected chi connectivity index (χ3v) is 8.80. The first-order valence-electron chi connectivity index (χ1n) is 13.0. The van der Waals surface area contributed by atoms with Gasteiger partial charge in [-0.05, 0) is 42.0 Å². The molecule has 3 aromatic carbocycles. The van der Waals surface area contributed by atoms with Gasteiger partial charge in [0.05, 0.1) is 31.9 Å². The molecule has 202 valence electrons. The molecule has 0 aliphatic carbocycles. The molecule has 8 heteroatoms. The molecule has 0 spiro atoms. The van der Waals surface area contributed by atoms with E-state index in [2.05, 4.69) is 24.3 Å². The number of amides is 1. The summed E-state index contributed by atoms with van der Waals surface area (Å²) in [5.41, 5.74) is 0.870. The molecular weight excluding hydrogens is 526 g/mol. The molecular formula is C30H33ClF2N2O2S. The highest BCUT2D eigenvalue weighted by molar-refractivity contribution is 7.99. The lowest BCUT2D eigenvalue weighted by molar-refractivity contribution is -0.946. The standard InChI is InChI=1S/C30H33F2N2O2S.ClH/c31-25-13-11-23(12-14-25)21-33(28-10-5-4-9-27(28)32)30(35)36-29-22-34(18-15-24(29)16-19-34)17-6-20-37-26-7-2-1-3-8-26;/h1-5,7-14,24,29H,6,15-22H2;1H/q+1;/p-1/t24?,29-,34?;/m0./s1. The van der Waals surface area contributed by atoms with E-state index >= 15 is 0 Å². The van der Waals surface area contributed by atoms with Gasteiger partial charge in [0, 0.05) is 35.8 Å². The number of ether oxygens (including phenoxy) is 1. The summed E-state index contributed by atoms with van der Waals surface area (Å²) in [5, 5.41) is 0. The summed E-state index contributed by atoms with van der Waals surface area (Å²) in [6.45, 7) is 4.25. The van der Waals surface area contributed by atoms with Gasteiger partial charge in [-0.25, -0.2) is 13.6 Å². The Balaban J connectivity index is 0.00000336. The zero-order chi connectivity index (χ0) is 25.7. The molecule has 3 saturated heterocycles. The van der Waals surface area contributed by atoms with Crippen LogP contribution in [0.3, 0.4) is 0 Å². The maximum Gasteiger partial charge on any atom is 0.415 e. The zero-order valence-corrected chi connectivity index (χ0v) is 22.8. The van der Waals surface area contributed by atoms with E-state index in [1.165, 1.54) is 28.0 Å². The molecule has 0 aromatic heterocycles. The van der Waals surface area contributed by atoms with Crippen LogP contribution in [0.1, 0.15) is 24.8 Å². The van der Waals surface area contributed by atoms with Gasteiger partial charge in [-0.1, -0.05) is 42.5 Å². The zero-order valence-electron chi connectivity index (χ0n) is 21.3. The van der Waals surface area contributed by atoms with E-state index in [0.717, 1.165) is 55.7 Å². The molecule has 4 nitrogen and oxygen atoms in total. The van der Waals surface area contributed by atoms with Crippen LogP contribution in [0.2, 0.25) is 0 Å². The van der Waals surface area contributed by atoms with E-state index in [0.29, 0.717) is 11.5 Å². The van der Waals surface area contributed by atoms with Crippen molar-refractivity contribution in [3.05, 3.63) is 96.1 Å². The van der Waals surface area contributed by atoms with Gasteiger partial charge in [0.2, 0.25) is 0 Å². The molecule has 3 aliphatic heterocycles. The lowest BCUT2D eigenvalue weighted by Crippen LogP contribution is -3.00. The molecule has 3 heterocycles. The smallest absolute Gasteiger partial charge is 0.415 e. The summed E-state index contributed by atoms with van der Waals surface area (Å²) in [7, 11) is 0. The number of thioether (sulfide) groups is 1. The van der Waals surface area contributed by atoms with Crippen LogP contribution in [0, 0.1) is 17.6 Å². The van der Waals surface area contributed by atoms with Crippen LogP contribution in [0.25, 0.3) is 0 Å². The Kier molecular flexibility index (Phi) is 9.69. The Morgan fingerprint density at radius 2 is 1.63 bits per heavy atom. The Hall–Kier alpha value is -2.61. The number of anilines is 1. The molecule has 0 saturated carbocycles. The first-order chi connectivity index (χ1) is 18.0. The molecule has 2 bridgehead atoms. The van der Waals surface area contributed by atoms with Gasteiger partial charge in [-0.15, -0.1) is 11.8 Å². The minimum Gasteiger partial charge on any atom is -1.00 e. The molecule has 0 unspecified atom stereocenters. The molecule has 3 aliphatic rings. The minimum absolute atomic E-state index is 0. The van der Waals surface area contributed by atoms with E-state index in [-0.39, 0.29) is 36.6 Å². The number of halogens is 3. The van der Waals surface area contributed by atoms with Crippen molar-refractivity contribution in [2.24, 2.45) is 5.92 Å². The number of hydrogen-bond donors (Lipinski definition) is 0. The summed E-state index contributed by atoms with van der Waals surface area (Å²) in [6.07, 6.45) is 2.46. The lowest BCUT2D eigenvalue weighted by atomic mass is 9.83. The van der Waals surface area contributed by atoms with Crippen molar-refractivity contribution in [3.8, 4) is 0 Å². The van der Waals surface area contributed by atoms with E-state index in [4.69, 9.17) is 4.74 Å². The van der Waals surface area contributed by atoms with Crippen LogP contribution in [0.4, 0.5) is 19.3 Å². The fourth-order valence-electron chi connectivity index (χ4n) is 5.66. The molecule has 3 aromatic rings. The van der Waals surface area contributed by atoms with Gasteiger partial charge >= 0.3 is 6.09 Å². The second-order valence-electron chi connectivity index (χ2n) is 10.1. The Morgan fingerprint density at radius 3 is 2.34 bits per heavy atom. The number of carbonyl (C=O) groups is 1. The number of benzene rings is 3. The maximum absolute atomic E-state index is 14.7. The van der Waals surface area contributed by atoms with Crippen molar-refractivity contribution < 1.29 is 35.2 Å². The summed E-state index contributed by atoms with van der Waals surface area (Å²) < 4.78 is 35.3. The Bertz CT molecular complexity index is 1190. The molecule has 3 fully saturated rings. The molecule has 0 N–H and O–H groups in total. The van der Waals surface area contributed by atoms with Crippen molar-refractivity contribution in [2.75, 3.05) is 36.8 Å². The minimum atomic E-state index is -0.550. The number of piperidine rings is 3. The predicted molar refractivity (Wildman–Crippen MR) is 143 cm³/mol. The fourth-order valence-corrected chi connectivity index (χ4v) is 6.52. The first kappa shape index (κ1) is 28.4. The lowest BCUT2D eigenvalue weighted by Gasteiger charge is -2.52. The third kappa shape index (κ3) is 6.87. The second-order valence-corrected chi connectivity index (χ2v) is 11.3. The highest BCUT2D eigenvalue weighted by atomic mass is 35.5. The van der Waals surface area contributed by atoms with E-state index in [1.807, 2.05) is 17.8 Å². The second kappa shape index (κ2) is 13.0. The van der Waals surface area contributed by atoms with Crippen molar-refractivity contribution in [2.45, 2.75) is 36.8 Å². The largest absolute Gasteiger partial charge is 1.00 e. The number of nitrogens with zero attached hydrogens (tertiary/aromatic N) is 2. The predicted octanol–water partition coefficient (Wildman–Crippen LogP) is 3.90. The highest BCUT2D eigenvalue weighted by Crippen LogP contribution is 2.37. The number of hydrogen-bond acceptors (Lipinski definition) is 3. The summed E-state index contributed by atoms with van der Waals surface area (Å²) in [6, 6.07) is 22.6. The number of quaternary nitrogens is 1. The van der Waals surface area contributed by atoms with Gasteiger partial charge in [0.25, 0.3) is 0 Å². The summed E-state index contributed by atoms with van der Waals surface area (Å²) >= 11 is 1.89. The van der Waals surface area contributed by atoms with Crippen molar-refractivity contribution in [1.82, 2.24) is 0 Å². The van der Waals surface area contributed by atoms with Gasteiger partial charge in [0.1, 0.15) is 18.2 Å². The van der Waals surface area contributed by atoms with Crippen LogP contribution < -0.4 is 17.3 Å². The van der Waals surface area contributed by atoms with Crippen molar-refractivity contribution in [3.63, 3.8) is 0 Å². The van der Waals surface area contributed by atoms with Gasteiger partial charge in [0.15, 0.2) is 6.10 Å². The summed E-state index contributed by atoms with van der Waals surface area (Å²) in [5.74, 6) is 0.564. The fraction of sp³-hybridized carbons (Fsp3) is 0.367. The van der Waals surface area contributed by atoms with Crippen LogP contribution in [0.15, 0.2) is 83.8 Å². The topological polar surface area (TPSA) is 29.5 Å². The van der Waals surface area contributed by atoms with E-state index in [9.17, 15) is 13.6 Å². The van der Waals surface area contributed by atoms with Crippen molar-refractivity contribution >= 4 is 23.5 Å². The average Bonchev–Trinajstić information content (AvgIpc) is 2.92. The van der Waals surface area contributed by atoms with Crippen LogP contribution >= 0.6 is 11.8 Å². The average molecular weight is 559 g/mol. The SMILES string of the molecule is O=C(O[C@H]1C[N+]2(CCCSc3ccccc3)CCC1CC2)N(Cc1ccc(F)cc1)c1ccccc1F.[Cl-].